The van der Waals surface area contributed by atoms with Gasteiger partial charge in [-0.15, -0.1) is 0 Å². The molecule has 2 aromatic rings. The van der Waals surface area contributed by atoms with E-state index in [0.717, 1.165) is 12.0 Å². The molecule has 1 atom stereocenters. The van der Waals surface area contributed by atoms with Crippen LogP contribution >= 0.6 is 0 Å². The van der Waals surface area contributed by atoms with Gasteiger partial charge in [0.25, 0.3) is 5.91 Å². The van der Waals surface area contributed by atoms with Crippen molar-refractivity contribution in [3.8, 4) is 0 Å². The van der Waals surface area contributed by atoms with Crippen molar-refractivity contribution < 1.29 is 17.9 Å². The summed E-state index contributed by atoms with van der Waals surface area (Å²) >= 11 is 0. The first kappa shape index (κ1) is 21.5. The van der Waals surface area contributed by atoms with E-state index in [4.69, 9.17) is 4.74 Å². The Hall–Kier alpha value is -2.22. The Morgan fingerprint density at radius 2 is 1.83 bits per heavy atom. The van der Waals surface area contributed by atoms with Crippen molar-refractivity contribution in [1.29, 1.82) is 0 Å². The summed E-state index contributed by atoms with van der Waals surface area (Å²) in [4.78, 5) is 13.0. The molecule has 1 aliphatic heterocycles. The van der Waals surface area contributed by atoms with E-state index >= 15 is 0 Å². The molecule has 1 saturated heterocycles. The summed E-state index contributed by atoms with van der Waals surface area (Å²) in [5.74, 6) is -0.283. The van der Waals surface area contributed by atoms with Crippen LogP contribution in [0.2, 0.25) is 0 Å². The fraction of sp³-hybridized carbons (Fsp3) is 0.409. The van der Waals surface area contributed by atoms with Crippen LogP contribution in [0.3, 0.4) is 0 Å². The average Bonchev–Trinajstić information content (AvgIpc) is 2.74. The van der Waals surface area contributed by atoms with Crippen molar-refractivity contribution in [1.82, 2.24) is 9.62 Å². The molecule has 1 heterocycles. The molecule has 1 fully saturated rings. The third-order valence-corrected chi connectivity index (χ3v) is 7.25. The lowest BCUT2D eigenvalue weighted by molar-refractivity contribution is 0.0730. The molecule has 7 heteroatoms. The highest BCUT2D eigenvalue weighted by Gasteiger charge is 2.27. The molecule has 0 spiro atoms. The lowest BCUT2D eigenvalue weighted by Crippen LogP contribution is -2.40. The number of morpholine rings is 1. The zero-order valence-electron chi connectivity index (χ0n) is 17.1. The maximum absolute atomic E-state index is 12.9. The van der Waals surface area contributed by atoms with Crippen LogP contribution < -0.4 is 5.32 Å². The Labute approximate surface area is 172 Å². The first-order valence-electron chi connectivity index (χ1n) is 9.89. The highest BCUT2D eigenvalue weighted by atomic mass is 32.2. The van der Waals surface area contributed by atoms with Gasteiger partial charge in [-0.1, -0.05) is 31.2 Å². The molecule has 1 amide bonds. The first-order chi connectivity index (χ1) is 13.8. The quantitative estimate of drug-likeness (QED) is 0.785. The number of nitrogens with one attached hydrogen (secondary N) is 1. The van der Waals surface area contributed by atoms with E-state index in [1.807, 2.05) is 19.9 Å². The number of hydrogen-bond donors (Lipinski definition) is 1. The standard InChI is InChI=1S/C22H28N2O4S/c1-4-21(18-9-8-16(2)17(3)14-18)23-22(25)19-6-5-7-20(15-19)29(26,27)24-10-12-28-13-11-24/h5-9,14-15,21H,4,10-13H2,1-3H3,(H,23,25)/t21-/m0/s1. The molecule has 1 aliphatic rings. The summed E-state index contributed by atoms with van der Waals surface area (Å²) in [6.07, 6.45) is 0.736. The van der Waals surface area contributed by atoms with Gasteiger partial charge in [-0.05, 0) is 55.2 Å². The molecule has 156 valence electrons. The minimum Gasteiger partial charge on any atom is -0.379 e. The van der Waals surface area contributed by atoms with Gasteiger partial charge in [0, 0.05) is 18.7 Å². The van der Waals surface area contributed by atoms with Crippen LogP contribution in [0.5, 0.6) is 0 Å². The Balaban J connectivity index is 1.80. The average molecular weight is 417 g/mol. The fourth-order valence-corrected chi connectivity index (χ4v) is 4.83. The molecular formula is C22H28N2O4S. The van der Waals surface area contributed by atoms with Crippen LogP contribution in [-0.2, 0) is 14.8 Å². The number of hydrogen-bond acceptors (Lipinski definition) is 4. The van der Waals surface area contributed by atoms with Gasteiger partial charge in [-0.2, -0.15) is 4.31 Å². The van der Waals surface area contributed by atoms with Crippen LogP contribution in [0.1, 0.15) is 46.4 Å². The van der Waals surface area contributed by atoms with Crippen LogP contribution in [-0.4, -0.2) is 44.9 Å². The molecule has 3 rings (SSSR count). The second-order valence-electron chi connectivity index (χ2n) is 7.32. The number of carbonyl (C=O) groups excluding carboxylic acids is 1. The molecule has 0 aliphatic carbocycles. The van der Waals surface area contributed by atoms with Crippen LogP contribution in [0.15, 0.2) is 47.4 Å². The summed E-state index contributed by atoms with van der Waals surface area (Å²) in [7, 11) is -3.64. The van der Waals surface area contributed by atoms with E-state index < -0.39 is 10.0 Å². The van der Waals surface area contributed by atoms with Gasteiger partial charge in [-0.3, -0.25) is 4.79 Å². The summed E-state index contributed by atoms with van der Waals surface area (Å²) < 4.78 is 32.4. The SMILES string of the molecule is CC[C@H](NC(=O)c1cccc(S(=O)(=O)N2CCOCC2)c1)c1ccc(C)c(C)c1. The van der Waals surface area contributed by atoms with E-state index in [9.17, 15) is 13.2 Å². The summed E-state index contributed by atoms with van der Waals surface area (Å²) in [6.45, 7) is 7.53. The van der Waals surface area contributed by atoms with Gasteiger partial charge in [-0.25, -0.2) is 8.42 Å². The number of aryl methyl sites for hydroxylation is 2. The van der Waals surface area contributed by atoms with Crippen molar-refractivity contribution in [2.45, 2.75) is 38.1 Å². The predicted octanol–water partition coefficient (Wildman–Crippen LogP) is 3.21. The molecule has 6 nitrogen and oxygen atoms in total. The van der Waals surface area contributed by atoms with Crippen molar-refractivity contribution in [2.75, 3.05) is 26.3 Å². The topological polar surface area (TPSA) is 75.7 Å². The van der Waals surface area contributed by atoms with E-state index in [-0.39, 0.29) is 16.8 Å². The van der Waals surface area contributed by atoms with Gasteiger partial charge < -0.3 is 10.1 Å². The molecule has 0 saturated carbocycles. The molecule has 29 heavy (non-hydrogen) atoms. The van der Waals surface area contributed by atoms with E-state index in [1.165, 1.54) is 27.6 Å². The monoisotopic (exact) mass is 416 g/mol. The zero-order chi connectivity index (χ0) is 21.0. The van der Waals surface area contributed by atoms with Gasteiger partial charge >= 0.3 is 0 Å². The van der Waals surface area contributed by atoms with Gasteiger partial charge in [0.05, 0.1) is 24.2 Å². The number of nitrogens with zero attached hydrogens (tertiary/aromatic N) is 1. The number of rotatable bonds is 6. The normalized spacial score (nSPS) is 16.4. The Morgan fingerprint density at radius 1 is 1.10 bits per heavy atom. The number of sulfonamides is 1. The largest absolute Gasteiger partial charge is 0.379 e. The molecule has 0 bridgehead atoms. The first-order valence-corrected chi connectivity index (χ1v) is 11.3. The second-order valence-corrected chi connectivity index (χ2v) is 9.26. The van der Waals surface area contributed by atoms with Crippen LogP contribution in [0, 0.1) is 13.8 Å². The van der Waals surface area contributed by atoms with Gasteiger partial charge in [0.15, 0.2) is 0 Å². The highest BCUT2D eigenvalue weighted by Crippen LogP contribution is 2.22. The minimum atomic E-state index is -3.64. The Morgan fingerprint density at radius 3 is 2.48 bits per heavy atom. The second kappa shape index (κ2) is 9.07. The number of ether oxygens (including phenoxy) is 1. The fourth-order valence-electron chi connectivity index (χ4n) is 3.38. The summed E-state index contributed by atoms with van der Waals surface area (Å²) in [6, 6.07) is 12.3. The van der Waals surface area contributed by atoms with Gasteiger partial charge in [0.2, 0.25) is 10.0 Å². The molecule has 0 radical (unpaired) electrons. The molecular weight excluding hydrogens is 388 g/mol. The third kappa shape index (κ3) is 4.86. The molecule has 2 aromatic carbocycles. The zero-order valence-corrected chi connectivity index (χ0v) is 18.0. The number of amides is 1. The van der Waals surface area contributed by atoms with Crippen LogP contribution in [0.25, 0.3) is 0 Å². The molecule has 1 N–H and O–H groups in total. The lowest BCUT2D eigenvalue weighted by Gasteiger charge is -2.26. The van der Waals surface area contributed by atoms with Crippen LogP contribution in [0.4, 0.5) is 0 Å². The lowest BCUT2D eigenvalue weighted by atomic mass is 9.99. The van der Waals surface area contributed by atoms with Crippen molar-refractivity contribution in [3.05, 3.63) is 64.7 Å². The smallest absolute Gasteiger partial charge is 0.251 e. The molecule has 0 aromatic heterocycles. The van der Waals surface area contributed by atoms with Crippen molar-refractivity contribution >= 4 is 15.9 Å². The maximum atomic E-state index is 12.9. The number of benzene rings is 2. The molecule has 0 unspecified atom stereocenters. The Bertz CT molecular complexity index is 982. The van der Waals surface area contributed by atoms with Gasteiger partial charge in [0.1, 0.15) is 0 Å². The minimum absolute atomic E-state index is 0.131. The van der Waals surface area contributed by atoms with E-state index in [1.54, 1.807) is 12.1 Å². The predicted molar refractivity (Wildman–Crippen MR) is 112 cm³/mol. The van der Waals surface area contributed by atoms with E-state index in [0.29, 0.717) is 31.9 Å². The van der Waals surface area contributed by atoms with E-state index in [2.05, 4.69) is 24.4 Å². The summed E-state index contributed by atoms with van der Waals surface area (Å²) in [5.41, 5.74) is 3.76. The number of carbonyl (C=O) groups is 1. The summed E-state index contributed by atoms with van der Waals surface area (Å²) in [5, 5.41) is 3.04. The maximum Gasteiger partial charge on any atom is 0.251 e. The Kier molecular flexibility index (Phi) is 6.72. The van der Waals surface area contributed by atoms with Crippen molar-refractivity contribution in [3.63, 3.8) is 0 Å². The highest BCUT2D eigenvalue weighted by molar-refractivity contribution is 7.89. The van der Waals surface area contributed by atoms with Crippen molar-refractivity contribution in [2.24, 2.45) is 0 Å². The third-order valence-electron chi connectivity index (χ3n) is 5.35.